The van der Waals surface area contributed by atoms with Crippen LogP contribution in [-0.4, -0.2) is 44.5 Å². The first-order valence-corrected chi connectivity index (χ1v) is 5.83. The Kier molecular flexibility index (Phi) is 6.83. The van der Waals surface area contributed by atoms with Crippen LogP contribution in [0.2, 0.25) is 0 Å². The van der Waals surface area contributed by atoms with Gasteiger partial charge in [-0.2, -0.15) is 0 Å². The Balaban J connectivity index is 2.12. The summed E-state index contributed by atoms with van der Waals surface area (Å²) in [5.74, 6) is 0.0907. The predicted octanol–water partition coefficient (Wildman–Crippen LogP) is 0.714. The summed E-state index contributed by atoms with van der Waals surface area (Å²) >= 11 is 0. The molecule has 0 saturated carbocycles. The number of carbonyl (C=O) groups is 1. The van der Waals surface area contributed by atoms with Gasteiger partial charge in [-0.25, -0.2) is 0 Å². The lowest BCUT2D eigenvalue weighted by molar-refractivity contribution is -0.126. The van der Waals surface area contributed by atoms with Crippen LogP contribution < -0.4 is 5.32 Å². The highest BCUT2D eigenvalue weighted by Crippen LogP contribution is 2.10. The van der Waals surface area contributed by atoms with Gasteiger partial charge in [-0.1, -0.05) is 12.1 Å². The molecule has 0 radical (unpaired) electrons. The number of carbonyl (C=O) groups excluding carboxylic acids is 1. The van der Waals surface area contributed by atoms with Crippen LogP contribution >= 0.6 is 0 Å². The van der Waals surface area contributed by atoms with Crippen molar-refractivity contribution in [2.24, 2.45) is 0 Å². The van der Waals surface area contributed by atoms with E-state index >= 15 is 0 Å². The topological polar surface area (TPSA) is 67.8 Å². The number of aromatic hydroxyl groups is 1. The normalized spacial score (nSPS) is 10.3. The Bertz CT molecular complexity index is 368. The average molecular weight is 253 g/mol. The molecule has 5 heteroatoms. The van der Waals surface area contributed by atoms with E-state index in [-0.39, 0.29) is 18.3 Å². The molecular formula is C13H19NO4. The molecule has 1 aromatic carbocycles. The highest BCUT2D eigenvalue weighted by molar-refractivity contribution is 5.77. The Morgan fingerprint density at radius 2 is 2.22 bits per heavy atom. The highest BCUT2D eigenvalue weighted by Gasteiger charge is 2.01. The third kappa shape index (κ3) is 6.22. The third-order valence-electron chi connectivity index (χ3n) is 2.31. The zero-order chi connectivity index (χ0) is 13.2. The summed E-state index contributed by atoms with van der Waals surface area (Å²) in [6.45, 7) is 1.46. The van der Waals surface area contributed by atoms with Gasteiger partial charge in [-0.05, 0) is 24.1 Å². The number of hydrogen-bond acceptors (Lipinski definition) is 4. The van der Waals surface area contributed by atoms with E-state index in [0.29, 0.717) is 26.2 Å². The number of nitrogens with one attached hydrogen (secondary N) is 1. The zero-order valence-electron chi connectivity index (χ0n) is 10.5. The standard InChI is InChI=1S/C13H19NO4/c1-17-7-8-18-10-13(16)14-6-5-11-3-2-4-12(15)9-11/h2-4,9,15H,5-8,10H2,1H3,(H,14,16). The van der Waals surface area contributed by atoms with Crippen molar-refractivity contribution < 1.29 is 19.4 Å². The molecule has 0 spiro atoms. The Hall–Kier alpha value is -1.59. The molecule has 100 valence electrons. The minimum absolute atomic E-state index is 0.0450. The highest BCUT2D eigenvalue weighted by atomic mass is 16.5. The second-order valence-electron chi connectivity index (χ2n) is 3.82. The quantitative estimate of drug-likeness (QED) is 0.670. The van der Waals surface area contributed by atoms with Gasteiger partial charge >= 0.3 is 0 Å². The van der Waals surface area contributed by atoms with E-state index in [9.17, 15) is 9.90 Å². The molecule has 0 heterocycles. The third-order valence-corrected chi connectivity index (χ3v) is 2.31. The molecule has 0 saturated heterocycles. The fourth-order valence-electron chi connectivity index (χ4n) is 1.42. The van der Waals surface area contributed by atoms with Gasteiger partial charge in [0.2, 0.25) is 5.91 Å². The largest absolute Gasteiger partial charge is 0.508 e. The number of ether oxygens (including phenoxy) is 2. The van der Waals surface area contributed by atoms with Crippen molar-refractivity contribution in [1.29, 1.82) is 0 Å². The molecule has 1 amide bonds. The average Bonchev–Trinajstić information content (AvgIpc) is 2.35. The molecule has 2 N–H and O–H groups in total. The summed E-state index contributed by atoms with van der Waals surface area (Å²) in [5.41, 5.74) is 0.982. The lowest BCUT2D eigenvalue weighted by Crippen LogP contribution is -2.29. The molecule has 0 aromatic heterocycles. The van der Waals surface area contributed by atoms with E-state index < -0.39 is 0 Å². The SMILES string of the molecule is COCCOCC(=O)NCCc1cccc(O)c1. The maximum Gasteiger partial charge on any atom is 0.246 e. The molecular weight excluding hydrogens is 234 g/mol. The number of benzene rings is 1. The number of methoxy groups -OCH3 is 1. The van der Waals surface area contributed by atoms with Crippen LogP contribution in [0.25, 0.3) is 0 Å². The Morgan fingerprint density at radius 1 is 1.39 bits per heavy atom. The molecule has 18 heavy (non-hydrogen) atoms. The molecule has 0 unspecified atom stereocenters. The zero-order valence-corrected chi connectivity index (χ0v) is 10.5. The fourth-order valence-corrected chi connectivity index (χ4v) is 1.42. The van der Waals surface area contributed by atoms with Gasteiger partial charge in [0, 0.05) is 13.7 Å². The minimum Gasteiger partial charge on any atom is -0.508 e. The smallest absolute Gasteiger partial charge is 0.246 e. The number of hydrogen-bond donors (Lipinski definition) is 2. The Labute approximate surface area is 107 Å². The van der Waals surface area contributed by atoms with Gasteiger partial charge in [-0.15, -0.1) is 0 Å². The lowest BCUT2D eigenvalue weighted by Gasteiger charge is -2.06. The van der Waals surface area contributed by atoms with Crippen LogP contribution in [-0.2, 0) is 20.7 Å². The maximum atomic E-state index is 11.3. The van der Waals surface area contributed by atoms with Crippen molar-refractivity contribution in [3.63, 3.8) is 0 Å². The van der Waals surface area contributed by atoms with Crippen LogP contribution in [0, 0.1) is 0 Å². The van der Waals surface area contributed by atoms with Gasteiger partial charge in [0.05, 0.1) is 13.2 Å². The molecule has 0 aliphatic carbocycles. The van der Waals surface area contributed by atoms with Crippen molar-refractivity contribution in [3.8, 4) is 5.75 Å². The molecule has 0 fully saturated rings. The van der Waals surface area contributed by atoms with Crippen molar-refractivity contribution in [2.45, 2.75) is 6.42 Å². The van der Waals surface area contributed by atoms with Crippen molar-refractivity contribution in [2.75, 3.05) is 33.5 Å². The molecule has 0 bridgehead atoms. The maximum absolute atomic E-state index is 11.3. The number of phenolic OH excluding ortho intramolecular Hbond substituents is 1. The lowest BCUT2D eigenvalue weighted by atomic mass is 10.1. The molecule has 1 aromatic rings. The van der Waals surface area contributed by atoms with E-state index in [4.69, 9.17) is 9.47 Å². The molecule has 0 atom stereocenters. The van der Waals surface area contributed by atoms with Gasteiger partial charge in [0.1, 0.15) is 12.4 Å². The summed E-state index contributed by atoms with van der Waals surface area (Å²) in [5, 5.41) is 12.0. The van der Waals surface area contributed by atoms with Crippen LogP contribution in [0.4, 0.5) is 0 Å². The first kappa shape index (κ1) is 14.5. The molecule has 5 nitrogen and oxygen atoms in total. The van der Waals surface area contributed by atoms with E-state index in [2.05, 4.69) is 5.32 Å². The van der Waals surface area contributed by atoms with Crippen LogP contribution in [0.1, 0.15) is 5.56 Å². The van der Waals surface area contributed by atoms with Crippen molar-refractivity contribution in [3.05, 3.63) is 29.8 Å². The summed E-state index contributed by atoms with van der Waals surface area (Å²) in [6.07, 6.45) is 0.679. The monoisotopic (exact) mass is 253 g/mol. The predicted molar refractivity (Wildman–Crippen MR) is 67.5 cm³/mol. The van der Waals surface area contributed by atoms with E-state index in [1.54, 1.807) is 25.3 Å². The van der Waals surface area contributed by atoms with Crippen LogP contribution in [0.3, 0.4) is 0 Å². The van der Waals surface area contributed by atoms with Crippen LogP contribution in [0.5, 0.6) is 5.75 Å². The summed E-state index contributed by atoms with van der Waals surface area (Å²) < 4.78 is 9.87. The number of amides is 1. The summed E-state index contributed by atoms with van der Waals surface area (Å²) in [7, 11) is 1.58. The first-order valence-electron chi connectivity index (χ1n) is 5.83. The summed E-state index contributed by atoms with van der Waals surface area (Å²) in [6, 6.07) is 6.98. The fraction of sp³-hybridized carbons (Fsp3) is 0.462. The first-order chi connectivity index (χ1) is 8.72. The Morgan fingerprint density at radius 3 is 2.94 bits per heavy atom. The molecule has 1 rings (SSSR count). The number of phenols is 1. The van der Waals surface area contributed by atoms with Crippen molar-refractivity contribution in [1.82, 2.24) is 5.32 Å². The van der Waals surface area contributed by atoms with E-state index in [1.165, 1.54) is 0 Å². The van der Waals surface area contributed by atoms with Gasteiger partial charge in [0.25, 0.3) is 0 Å². The van der Waals surface area contributed by atoms with Crippen molar-refractivity contribution >= 4 is 5.91 Å². The second-order valence-corrected chi connectivity index (χ2v) is 3.82. The number of rotatable bonds is 8. The van der Waals surface area contributed by atoms with E-state index in [1.807, 2.05) is 6.07 Å². The van der Waals surface area contributed by atoms with Crippen LogP contribution in [0.15, 0.2) is 24.3 Å². The minimum atomic E-state index is -0.147. The van der Waals surface area contributed by atoms with Gasteiger partial charge in [-0.3, -0.25) is 4.79 Å². The van der Waals surface area contributed by atoms with Gasteiger partial charge in [0.15, 0.2) is 0 Å². The molecule has 0 aliphatic rings. The summed E-state index contributed by atoms with van der Waals surface area (Å²) in [4.78, 5) is 11.3. The molecule has 0 aliphatic heterocycles. The van der Waals surface area contributed by atoms with E-state index in [0.717, 1.165) is 5.56 Å². The van der Waals surface area contributed by atoms with Gasteiger partial charge < -0.3 is 19.9 Å². The second kappa shape index (κ2) is 8.49.